The number of carbonyl (C=O) groups excluding carboxylic acids is 3. The minimum absolute atomic E-state index is 0.122. The Kier molecular flexibility index (Phi) is 8.36. The molecule has 0 bridgehead atoms. The van der Waals surface area contributed by atoms with Crippen LogP contribution in [0.4, 0.5) is 18.0 Å². The van der Waals surface area contributed by atoms with Crippen LogP contribution in [-0.2, 0) is 20.9 Å². The second-order valence-corrected chi connectivity index (χ2v) is 13.6. The van der Waals surface area contributed by atoms with Crippen LogP contribution in [0.15, 0.2) is 88.4 Å². The van der Waals surface area contributed by atoms with Crippen LogP contribution in [0.3, 0.4) is 0 Å². The molecule has 19 heteroatoms. The lowest BCUT2D eigenvalue weighted by atomic mass is 10.1. The number of fused-ring (bicyclic) bond motifs is 1. The van der Waals surface area contributed by atoms with Gasteiger partial charge in [-0.05, 0) is 55.8 Å². The molecule has 0 aliphatic carbocycles. The summed E-state index contributed by atoms with van der Waals surface area (Å²) >= 11 is 0. The molecule has 3 aromatic carbocycles. The van der Waals surface area contributed by atoms with Gasteiger partial charge < -0.3 is 9.57 Å². The van der Waals surface area contributed by atoms with Crippen LogP contribution in [-0.4, -0.2) is 77.4 Å². The maximum absolute atomic E-state index is 13.5. The van der Waals surface area contributed by atoms with Crippen molar-refractivity contribution in [1.82, 2.24) is 29.4 Å². The average molecular weight is 728 g/mol. The highest BCUT2D eigenvalue weighted by Gasteiger charge is 2.38. The van der Waals surface area contributed by atoms with E-state index in [1.807, 2.05) is 11.6 Å². The second kappa shape index (κ2) is 12.7. The average Bonchev–Trinajstić information content (AvgIpc) is 3.39. The molecule has 0 saturated carbocycles. The number of sulfonamides is 1. The third-order valence-electron chi connectivity index (χ3n) is 8.35. The molecule has 1 saturated heterocycles. The van der Waals surface area contributed by atoms with E-state index in [4.69, 9.17) is 14.2 Å². The van der Waals surface area contributed by atoms with Gasteiger partial charge in [0.25, 0.3) is 21.8 Å². The number of aryl methyl sites for hydroxylation is 1. The van der Waals surface area contributed by atoms with Crippen LogP contribution in [0.25, 0.3) is 16.9 Å². The van der Waals surface area contributed by atoms with E-state index < -0.39 is 39.8 Å². The highest BCUT2D eigenvalue weighted by molar-refractivity contribution is 7.90. The number of aromatic nitrogens is 4. The molecule has 2 aliphatic heterocycles. The van der Waals surface area contributed by atoms with Gasteiger partial charge in [-0.1, -0.05) is 42.0 Å². The third kappa shape index (κ3) is 6.79. The predicted molar refractivity (Wildman–Crippen MR) is 170 cm³/mol. The zero-order chi connectivity index (χ0) is 36.1. The fourth-order valence-electron chi connectivity index (χ4n) is 5.65. The smallest absolute Gasteiger partial charge is 0.435 e. The molecule has 1 fully saturated rings. The molecule has 3 amide bonds. The number of imide groups is 1. The van der Waals surface area contributed by atoms with E-state index in [1.54, 1.807) is 53.5 Å². The van der Waals surface area contributed by atoms with Crippen LogP contribution in [0, 0.1) is 12.8 Å². The Labute approximate surface area is 287 Å². The fourth-order valence-corrected chi connectivity index (χ4v) is 6.54. The number of benzene rings is 3. The molecule has 266 valence electrons. The van der Waals surface area contributed by atoms with Crippen molar-refractivity contribution in [3.63, 3.8) is 0 Å². The summed E-state index contributed by atoms with van der Waals surface area (Å²) in [7, 11) is -4.40. The number of hydrogen-bond donors (Lipinski definition) is 1. The summed E-state index contributed by atoms with van der Waals surface area (Å²) in [5.41, 5.74) is 1.16. The first-order valence-electron chi connectivity index (χ1n) is 15.4. The van der Waals surface area contributed by atoms with Gasteiger partial charge in [0.2, 0.25) is 6.73 Å². The maximum Gasteiger partial charge on any atom is 0.435 e. The van der Waals surface area contributed by atoms with Gasteiger partial charge in [0.05, 0.1) is 34.0 Å². The molecular formula is C32H28F3N7O8S. The summed E-state index contributed by atoms with van der Waals surface area (Å²) in [6.07, 6.45) is -5.36. The number of amides is 3. The molecular weight excluding hydrogens is 699 g/mol. The van der Waals surface area contributed by atoms with E-state index in [9.17, 15) is 36.0 Å². The van der Waals surface area contributed by atoms with Crippen LogP contribution < -0.4 is 14.6 Å². The van der Waals surface area contributed by atoms with E-state index in [1.165, 1.54) is 17.1 Å². The van der Waals surface area contributed by atoms with Crippen molar-refractivity contribution in [3.05, 3.63) is 101 Å². The van der Waals surface area contributed by atoms with Crippen molar-refractivity contribution in [3.8, 4) is 16.9 Å². The number of nitrogens with one attached hydrogen (secondary N) is 1. The van der Waals surface area contributed by atoms with Crippen LogP contribution >= 0.6 is 0 Å². The molecule has 2 aromatic heterocycles. The number of rotatable bonds is 10. The summed E-state index contributed by atoms with van der Waals surface area (Å²) in [6, 6.07) is 19.0. The van der Waals surface area contributed by atoms with Crippen molar-refractivity contribution in [2.75, 3.05) is 31.4 Å². The second-order valence-electron chi connectivity index (χ2n) is 11.9. The lowest BCUT2D eigenvalue weighted by Gasteiger charge is -2.13. The van der Waals surface area contributed by atoms with Gasteiger partial charge in [-0.3, -0.25) is 14.6 Å². The number of ether oxygens (including phenoxy) is 1. The minimum atomic E-state index is -4.71. The molecule has 0 radical (unpaired) electrons. The van der Waals surface area contributed by atoms with E-state index in [2.05, 4.69) is 5.10 Å². The Balaban J connectivity index is 0.912. The van der Waals surface area contributed by atoms with Crippen molar-refractivity contribution in [1.29, 1.82) is 0 Å². The highest BCUT2D eigenvalue weighted by atomic mass is 32.2. The van der Waals surface area contributed by atoms with Crippen LogP contribution in [0.2, 0.25) is 0 Å². The first kappa shape index (κ1) is 33.5. The topological polar surface area (TPSA) is 163 Å². The molecule has 0 spiro atoms. The van der Waals surface area contributed by atoms with Gasteiger partial charge in [-0.25, -0.2) is 27.5 Å². The minimum Gasteiger partial charge on any atom is -0.448 e. The van der Waals surface area contributed by atoms with Gasteiger partial charge in [-0.15, -0.1) is 0 Å². The van der Waals surface area contributed by atoms with E-state index >= 15 is 0 Å². The first-order chi connectivity index (χ1) is 24.3. The standard InChI is InChI=1S/C32H28F3N7O8S/c1-20-6-8-22(9-7-20)27-16-28(32(33,34)35)36-40(27)23-10-12-24(13-11-23)51(46,47)37-31(45)48-18-21-14-15-38(17-21)41-42(50-41)49-19-39-29(43)25-4-2-3-5-26(25)30(39)44/h2-13,16,21H,14-15,17-19H2,1H3,(H,37,45). The van der Waals surface area contributed by atoms with Gasteiger partial charge in [0.1, 0.15) is 5.02 Å². The molecule has 2 aliphatic rings. The summed E-state index contributed by atoms with van der Waals surface area (Å²) in [6.45, 7) is 2.16. The molecule has 4 heterocycles. The number of alkyl halides is 3. The Morgan fingerprint density at radius 2 is 1.67 bits per heavy atom. The lowest BCUT2D eigenvalue weighted by Crippen LogP contribution is -2.37. The predicted octanol–water partition coefficient (Wildman–Crippen LogP) is 3.82. The fraction of sp³-hybridized carbons (Fsp3) is 0.250. The van der Waals surface area contributed by atoms with E-state index in [0.29, 0.717) is 25.1 Å². The molecule has 51 heavy (non-hydrogen) atoms. The molecule has 7 rings (SSSR count). The van der Waals surface area contributed by atoms with Crippen molar-refractivity contribution < 1.29 is 50.2 Å². The zero-order valence-corrected chi connectivity index (χ0v) is 27.4. The number of hydrogen-bond acceptors (Lipinski definition) is 10. The molecule has 1 N–H and O–H groups in total. The zero-order valence-electron chi connectivity index (χ0n) is 26.6. The SMILES string of the molecule is Cc1ccc(-c2cc(C(F)(F)F)nn2-c2ccc(S(=O)(=O)NC(=O)OCC3CCN(n4on4OCN4C(=O)c5ccccc5C4=O)C3)cc2)cc1. The van der Waals surface area contributed by atoms with E-state index in [-0.39, 0.29) is 46.7 Å². The third-order valence-corrected chi connectivity index (χ3v) is 9.67. The van der Waals surface area contributed by atoms with Gasteiger partial charge in [0, 0.05) is 29.5 Å². The van der Waals surface area contributed by atoms with Gasteiger partial charge in [0.15, 0.2) is 5.69 Å². The van der Waals surface area contributed by atoms with Crippen molar-refractivity contribution in [2.45, 2.75) is 24.4 Å². The summed E-state index contributed by atoms with van der Waals surface area (Å²) < 4.78 is 79.8. The van der Waals surface area contributed by atoms with Crippen LogP contribution in [0.1, 0.15) is 38.4 Å². The van der Waals surface area contributed by atoms with Crippen molar-refractivity contribution >= 4 is 27.9 Å². The molecule has 5 aromatic rings. The van der Waals surface area contributed by atoms with Gasteiger partial charge >= 0.3 is 12.3 Å². The highest BCUT2D eigenvalue weighted by Crippen LogP contribution is 2.33. The number of halogens is 3. The number of nitrogens with zero attached hydrogens (tertiary/aromatic N) is 6. The van der Waals surface area contributed by atoms with Crippen LogP contribution in [0.5, 0.6) is 0 Å². The largest absolute Gasteiger partial charge is 0.448 e. The molecule has 15 nitrogen and oxygen atoms in total. The summed E-state index contributed by atoms with van der Waals surface area (Å²) in [5, 5.41) is 6.42. The number of carbonyl (C=O) groups is 3. The Hall–Kier alpha value is -5.98. The Morgan fingerprint density at radius 3 is 2.31 bits per heavy atom. The quantitative estimate of drug-likeness (QED) is 0.209. The lowest BCUT2D eigenvalue weighted by molar-refractivity contribution is -0.141. The first-order valence-corrected chi connectivity index (χ1v) is 16.9. The van der Waals surface area contributed by atoms with Crippen molar-refractivity contribution in [2.24, 2.45) is 5.92 Å². The normalized spacial score (nSPS) is 16.2. The van der Waals surface area contributed by atoms with Gasteiger partial charge in [-0.2, -0.15) is 22.9 Å². The maximum atomic E-state index is 13.5. The Morgan fingerprint density at radius 1 is 1.00 bits per heavy atom. The summed E-state index contributed by atoms with van der Waals surface area (Å²) in [4.78, 5) is 44.7. The molecule has 1 unspecified atom stereocenters. The monoisotopic (exact) mass is 727 g/mol. The summed E-state index contributed by atoms with van der Waals surface area (Å²) in [5.74, 6) is -1.16. The molecule has 1 atom stereocenters. The van der Waals surface area contributed by atoms with E-state index in [0.717, 1.165) is 38.4 Å². The Bertz CT molecular complexity index is 2180.